The fourth-order valence-corrected chi connectivity index (χ4v) is 4.11. The van der Waals surface area contributed by atoms with Gasteiger partial charge in [0, 0.05) is 30.5 Å². The lowest BCUT2D eigenvalue weighted by Gasteiger charge is -2.27. The first-order valence-corrected chi connectivity index (χ1v) is 11.6. The molecule has 0 saturated carbocycles. The van der Waals surface area contributed by atoms with Crippen LogP contribution in [0, 0.1) is 5.95 Å². The third-order valence-electron chi connectivity index (χ3n) is 5.89. The molecule has 0 radical (unpaired) electrons. The molecule has 172 valence electrons. The van der Waals surface area contributed by atoms with E-state index in [9.17, 15) is 9.18 Å². The Bertz CT molecular complexity index is 1040. The van der Waals surface area contributed by atoms with E-state index in [0.29, 0.717) is 18.8 Å². The minimum atomic E-state index is -0.498. The molecule has 0 fully saturated rings. The van der Waals surface area contributed by atoms with Crippen molar-refractivity contribution in [3.05, 3.63) is 78.4 Å². The molecule has 1 aliphatic heterocycles. The largest absolute Gasteiger partial charge is 0.484 e. The van der Waals surface area contributed by atoms with Crippen LogP contribution in [0.5, 0.6) is 5.75 Å². The number of fused-ring (bicyclic) bond motifs is 1. The summed E-state index contributed by atoms with van der Waals surface area (Å²) in [5, 5.41) is 3.52. The normalized spacial score (nSPS) is 15.1. The highest BCUT2D eigenvalue weighted by Gasteiger charge is 2.20. The molecule has 0 aliphatic carbocycles. The van der Waals surface area contributed by atoms with Gasteiger partial charge in [-0.2, -0.15) is 4.39 Å². The molecule has 1 aromatic heterocycles. The van der Waals surface area contributed by atoms with Crippen LogP contribution in [0.25, 0.3) is 11.1 Å². The molecule has 0 saturated heterocycles. The fraction of sp³-hybridized carbons (Fsp3) is 0.333. The van der Waals surface area contributed by atoms with Gasteiger partial charge in [0.1, 0.15) is 5.75 Å². The zero-order valence-electron chi connectivity index (χ0n) is 18.8. The molecule has 3 aromatic rings. The van der Waals surface area contributed by atoms with Crippen LogP contribution in [0.1, 0.15) is 37.7 Å². The zero-order chi connectivity index (χ0) is 22.9. The molecule has 2 aromatic carbocycles. The number of hydrogen-bond acceptors (Lipinski definition) is 4. The Labute approximate surface area is 194 Å². The number of ether oxygens (including phenoxy) is 1. The first kappa shape index (κ1) is 22.9. The third-order valence-corrected chi connectivity index (χ3v) is 5.89. The van der Waals surface area contributed by atoms with Gasteiger partial charge < -0.3 is 15.0 Å². The number of rotatable bonds is 4. The number of aromatic nitrogens is 1. The van der Waals surface area contributed by atoms with Gasteiger partial charge in [-0.15, -0.1) is 0 Å². The number of para-hydroxylation sites is 1. The van der Waals surface area contributed by atoms with Gasteiger partial charge in [-0.1, -0.05) is 43.5 Å². The molecule has 0 spiro atoms. The van der Waals surface area contributed by atoms with E-state index < -0.39 is 5.95 Å². The maximum atomic E-state index is 13.3. The van der Waals surface area contributed by atoms with Crippen molar-refractivity contribution in [1.29, 1.82) is 0 Å². The Morgan fingerprint density at radius 2 is 1.76 bits per heavy atom. The summed E-state index contributed by atoms with van der Waals surface area (Å²) in [7, 11) is 0. The van der Waals surface area contributed by atoms with Crippen LogP contribution in [-0.4, -0.2) is 30.6 Å². The standard InChI is InChI=1S/C27H30FN3O2/c28-26-14-12-22(19-30-26)21-11-13-25-23(17-21)18-29-15-7-2-1-3-8-16-31(25)27(32)20-33-24-9-5-4-6-10-24/h4-6,9-14,17,19,29H,1-3,7-8,15-16,18,20H2. The summed E-state index contributed by atoms with van der Waals surface area (Å²) >= 11 is 0. The molecular formula is C27H30FN3O2. The first-order chi connectivity index (χ1) is 16.2. The van der Waals surface area contributed by atoms with Crippen LogP contribution in [0.3, 0.4) is 0 Å². The van der Waals surface area contributed by atoms with Crippen molar-refractivity contribution in [3.63, 3.8) is 0 Å². The molecule has 2 heterocycles. The highest BCUT2D eigenvalue weighted by atomic mass is 19.1. The monoisotopic (exact) mass is 447 g/mol. The lowest BCUT2D eigenvalue weighted by atomic mass is 10.0. The molecule has 1 N–H and O–H groups in total. The summed E-state index contributed by atoms with van der Waals surface area (Å²) in [6.45, 7) is 2.23. The Hall–Kier alpha value is -3.25. The van der Waals surface area contributed by atoms with Gasteiger partial charge in [0.2, 0.25) is 5.95 Å². The Balaban J connectivity index is 1.61. The molecule has 0 unspecified atom stereocenters. The molecule has 4 rings (SSSR count). The molecule has 1 amide bonds. The lowest BCUT2D eigenvalue weighted by Crippen LogP contribution is -2.37. The second-order valence-electron chi connectivity index (χ2n) is 8.30. The van der Waals surface area contributed by atoms with E-state index in [-0.39, 0.29) is 12.5 Å². The quantitative estimate of drug-likeness (QED) is 0.548. The predicted octanol–water partition coefficient (Wildman–Crippen LogP) is 5.35. The van der Waals surface area contributed by atoms with Gasteiger partial charge in [-0.25, -0.2) is 4.98 Å². The molecular weight excluding hydrogens is 417 g/mol. The summed E-state index contributed by atoms with van der Waals surface area (Å²) in [5.74, 6) is 0.122. The second kappa shape index (κ2) is 11.6. The summed E-state index contributed by atoms with van der Waals surface area (Å²) in [4.78, 5) is 18.9. The summed E-state index contributed by atoms with van der Waals surface area (Å²) in [5.41, 5.74) is 3.72. The number of nitrogens with zero attached hydrogens (tertiary/aromatic N) is 2. The smallest absolute Gasteiger partial charge is 0.264 e. The second-order valence-corrected chi connectivity index (χ2v) is 8.30. The lowest BCUT2D eigenvalue weighted by molar-refractivity contribution is -0.120. The number of hydrogen-bond donors (Lipinski definition) is 1. The Morgan fingerprint density at radius 1 is 0.970 bits per heavy atom. The number of pyridine rings is 1. The molecule has 0 atom stereocenters. The van der Waals surface area contributed by atoms with Gasteiger partial charge in [0.15, 0.2) is 6.61 Å². The minimum Gasteiger partial charge on any atom is -0.484 e. The predicted molar refractivity (Wildman–Crippen MR) is 129 cm³/mol. The SMILES string of the molecule is O=C(COc1ccccc1)N1CCCCCCCNCc2cc(-c3ccc(F)nc3)ccc21. The maximum Gasteiger partial charge on any atom is 0.264 e. The topological polar surface area (TPSA) is 54.5 Å². The van der Waals surface area contributed by atoms with Crippen molar-refractivity contribution in [2.45, 2.75) is 38.6 Å². The number of carbonyl (C=O) groups excluding carboxylic acids is 1. The van der Waals surface area contributed by atoms with Gasteiger partial charge in [-0.05, 0) is 66.9 Å². The van der Waals surface area contributed by atoms with Crippen molar-refractivity contribution in [2.75, 3.05) is 24.6 Å². The molecule has 6 heteroatoms. The Morgan fingerprint density at radius 3 is 2.58 bits per heavy atom. The third kappa shape index (κ3) is 6.39. The van der Waals surface area contributed by atoms with Crippen molar-refractivity contribution in [1.82, 2.24) is 10.3 Å². The number of anilines is 1. The molecule has 33 heavy (non-hydrogen) atoms. The summed E-state index contributed by atoms with van der Waals surface area (Å²) < 4.78 is 19.1. The van der Waals surface area contributed by atoms with E-state index in [1.807, 2.05) is 47.4 Å². The number of carbonyl (C=O) groups is 1. The van der Waals surface area contributed by atoms with Crippen LogP contribution < -0.4 is 15.0 Å². The van der Waals surface area contributed by atoms with Gasteiger partial charge in [0.25, 0.3) is 5.91 Å². The zero-order valence-corrected chi connectivity index (χ0v) is 18.8. The maximum absolute atomic E-state index is 13.3. The van der Waals surface area contributed by atoms with Gasteiger partial charge in [0.05, 0.1) is 0 Å². The number of nitrogens with one attached hydrogen (secondary N) is 1. The molecule has 5 nitrogen and oxygen atoms in total. The van der Waals surface area contributed by atoms with Crippen LogP contribution in [0.15, 0.2) is 66.9 Å². The van der Waals surface area contributed by atoms with E-state index in [1.54, 1.807) is 6.07 Å². The van der Waals surface area contributed by atoms with Crippen LogP contribution in [-0.2, 0) is 11.3 Å². The first-order valence-electron chi connectivity index (χ1n) is 11.6. The van der Waals surface area contributed by atoms with Crippen LogP contribution >= 0.6 is 0 Å². The van der Waals surface area contributed by atoms with Gasteiger partial charge in [-0.3, -0.25) is 4.79 Å². The molecule has 0 bridgehead atoms. The number of amides is 1. The number of benzene rings is 2. The van der Waals surface area contributed by atoms with E-state index in [2.05, 4.69) is 16.4 Å². The highest BCUT2D eigenvalue weighted by molar-refractivity contribution is 5.95. The van der Waals surface area contributed by atoms with Crippen LogP contribution in [0.4, 0.5) is 10.1 Å². The van der Waals surface area contributed by atoms with Crippen LogP contribution in [0.2, 0.25) is 0 Å². The molecule has 1 aliphatic rings. The van der Waals surface area contributed by atoms with E-state index in [0.717, 1.165) is 48.2 Å². The van der Waals surface area contributed by atoms with Gasteiger partial charge >= 0.3 is 0 Å². The fourth-order valence-electron chi connectivity index (χ4n) is 4.11. The average Bonchev–Trinajstić information content (AvgIpc) is 2.84. The van der Waals surface area contributed by atoms with E-state index >= 15 is 0 Å². The van der Waals surface area contributed by atoms with E-state index in [4.69, 9.17) is 4.74 Å². The number of halogens is 1. The van der Waals surface area contributed by atoms with Crippen molar-refractivity contribution in [2.24, 2.45) is 0 Å². The summed E-state index contributed by atoms with van der Waals surface area (Å²) in [6, 6.07) is 18.5. The average molecular weight is 448 g/mol. The summed E-state index contributed by atoms with van der Waals surface area (Å²) in [6.07, 6.45) is 7.09. The van der Waals surface area contributed by atoms with Crippen molar-refractivity contribution in [3.8, 4) is 16.9 Å². The van der Waals surface area contributed by atoms with E-state index in [1.165, 1.54) is 25.1 Å². The minimum absolute atomic E-state index is 0.0134. The van der Waals surface area contributed by atoms with Crippen molar-refractivity contribution >= 4 is 11.6 Å². The Kier molecular flexibility index (Phi) is 8.04. The van der Waals surface area contributed by atoms with Crippen molar-refractivity contribution < 1.29 is 13.9 Å². The highest BCUT2D eigenvalue weighted by Crippen LogP contribution is 2.29.